The van der Waals surface area contributed by atoms with Crippen molar-refractivity contribution in [1.29, 1.82) is 0 Å². The highest BCUT2D eigenvalue weighted by Crippen LogP contribution is 2.19. The quantitative estimate of drug-likeness (QED) is 0.769. The molecule has 4 heteroatoms. The largest absolute Gasteiger partial charge is 0.343 e. The molecular formula is C14H27N3O. The van der Waals surface area contributed by atoms with Gasteiger partial charge in [-0.2, -0.15) is 0 Å². The summed E-state index contributed by atoms with van der Waals surface area (Å²) in [6.45, 7) is 6.47. The smallest absolute Gasteiger partial charge is 0.223 e. The van der Waals surface area contributed by atoms with Crippen LogP contribution >= 0.6 is 0 Å². The molecule has 0 bridgehead atoms. The van der Waals surface area contributed by atoms with Gasteiger partial charge in [-0.1, -0.05) is 6.92 Å². The van der Waals surface area contributed by atoms with Crippen LogP contribution in [0, 0.1) is 0 Å². The van der Waals surface area contributed by atoms with Gasteiger partial charge in [0.25, 0.3) is 0 Å². The fourth-order valence-electron chi connectivity index (χ4n) is 2.67. The van der Waals surface area contributed by atoms with E-state index in [4.69, 9.17) is 0 Å². The maximum atomic E-state index is 12.1. The Labute approximate surface area is 111 Å². The maximum absolute atomic E-state index is 12.1. The van der Waals surface area contributed by atoms with E-state index in [9.17, 15) is 4.79 Å². The Hall–Kier alpha value is -0.610. The first-order valence-electron chi connectivity index (χ1n) is 7.42. The van der Waals surface area contributed by atoms with E-state index in [2.05, 4.69) is 17.1 Å². The summed E-state index contributed by atoms with van der Waals surface area (Å²) in [5.41, 5.74) is 0. The van der Waals surface area contributed by atoms with E-state index in [1.165, 1.54) is 12.8 Å². The monoisotopic (exact) mass is 253 g/mol. The molecule has 1 aliphatic carbocycles. The number of nitrogens with one attached hydrogen (secondary N) is 1. The van der Waals surface area contributed by atoms with Crippen LogP contribution in [0.1, 0.15) is 39.0 Å². The zero-order valence-corrected chi connectivity index (χ0v) is 11.8. The summed E-state index contributed by atoms with van der Waals surface area (Å²) >= 11 is 0. The fourth-order valence-corrected chi connectivity index (χ4v) is 2.67. The molecule has 0 atom stereocenters. The molecule has 1 saturated carbocycles. The minimum absolute atomic E-state index is 0.304. The number of rotatable bonds is 6. The molecule has 0 aromatic heterocycles. The molecular weight excluding hydrogens is 226 g/mol. The summed E-state index contributed by atoms with van der Waals surface area (Å²) < 4.78 is 0. The van der Waals surface area contributed by atoms with Gasteiger partial charge in [0.1, 0.15) is 0 Å². The Kier molecular flexibility index (Phi) is 5.01. The van der Waals surface area contributed by atoms with Gasteiger partial charge in [-0.05, 0) is 32.2 Å². The molecule has 1 N–H and O–H groups in total. The number of hydrogen-bond donors (Lipinski definition) is 1. The van der Waals surface area contributed by atoms with Crippen LogP contribution in [0.5, 0.6) is 0 Å². The van der Waals surface area contributed by atoms with Gasteiger partial charge < -0.3 is 15.1 Å². The predicted octanol–water partition coefficient (Wildman–Crippen LogP) is 1.07. The molecule has 104 valence electrons. The van der Waals surface area contributed by atoms with E-state index in [0.717, 1.165) is 39.0 Å². The van der Waals surface area contributed by atoms with E-state index in [0.29, 0.717) is 24.4 Å². The first-order chi connectivity index (χ1) is 8.70. The normalized spacial score (nSPS) is 22.1. The van der Waals surface area contributed by atoms with E-state index < -0.39 is 0 Å². The van der Waals surface area contributed by atoms with Crippen LogP contribution in [0.15, 0.2) is 0 Å². The molecule has 2 fully saturated rings. The summed E-state index contributed by atoms with van der Waals surface area (Å²) in [7, 11) is 1.98. The van der Waals surface area contributed by atoms with Gasteiger partial charge in [0.15, 0.2) is 0 Å². The van der Waals surface area contributed by atoms with E-state index in [1.54, 1.807) is 0 Å². The molecule has 0 unspecified atom stereocenters. The lowest BCUT2D eigenvalue weighted by Crippen LogP contribution is -2.46. The van der Waals surface area contributed by atoms with Crippen LogP contribution in [0.4, 0.5) is 0 Å². The van der Waals surface area contributed by atoms with Crippen LogP contribution in [-0.2, 0) is 4.79 Å². The van der Waals surface area contributed by atoms with Gasteiger partial charge in [0, 0.05) is 45.2 Å². The van der Waals surface area contributed by atoms with E-state index in [-0.39, 0.29) is 0 Å². The second kappa shape index (κ2) is 6.53. The average Bonchev–Trinajstić information content (AvgIpc) is 3.22. The third kappa shape index (κ3) is 3.95. The van der Waals surface area contributed by atoms with Crippen molar-refractivity contribution in [1.82, 2.24) is 15.1 Å². The summed E-state index contributed by atoms with van der Waals surface area (Å²) in [6.07, 6.45) is 5.50. The molecule has 1 saturated heterocycles. The molecule has 1 amide bonds. The zero-order chi connectivity index (χ0) is 13.0. The fraction of sp³-hybridized carbons (Fsp3) is 0.929. The summed E-state index contributed by atoms with van der Waals surface area (Å²) in [6, 6.07) is 1.16. The third-order valence-corrected chi connectivity index (χ3v) is 4.29. The van der Waals surface area contributed by atoms with Crippen LogP contribution in [0.3, 0.4) is 0 Å². The molecule has 0 spiro atoms. The molecule has 0 aromatic rings. The molecule has 2 aliphatic rings. The Morgan fingerprint density at radius 2 is 1.94 bits per heavy atom. The first kappa shape index (κ1) is 13.8. The highest BCUT2D eigenvalue weighted by Gasteiger charge is 2.25. The first-order valence-corrected chi connectivity index (χ1v) is 7.42. The topological polar surface area (TPSA) is 35.6 Å². The van der Waals surface area contributed by atoms with Crippen LogP contribution in [0.25, 0.3) is 0 Å². The van der Waals surface area contributed by atoms with Gasteiger partial charge >= 0.3 is 0 Å². The van der Waals surface area contributed by atoms with Gasteiger partial charge in [0.2, 0.25) is 5.91 Å². The number of likely N-dealkylation sites (tertiary alicyclic amines) is 1. The zero-order valence-electron chi connectivity index (χ0n) is 11.8. The van der Waals surface area contributed by atoms with Crippen molar-refractivity contribution < 1.29 is 4.79 Å². The lowest BCUT2D eigenvalue weighted by Gasteiger charge is -2.36. The number of nitrogens with zero attached hydrogens (tertiary/aromatic N) is 2. The minimum Gasteiger partial charge on any atom is -0.343 e. The Morgan fingerprint density at radius 3 is 2.50 bits per heavy atom. The molecule has 1 heterocycles. The Morgan fingerprint density at radius 1 is 1.28 bits per heavy atom. The van der Waals surface area contributed by atoms with Gasteiger partial charge in [0.05, 0.1) is 0 Å². The van der Waals surface area contributed by atoms with Crippen molar-refractivity contribution in [3.63, 3.8) is 0 Å². The highest BCUT2D eigenvalue weighted by atomic mass is 16.2. The highest BCUT2D eigenvalue weighted by molar-refractivity contribution is 5.76. The summed E-state index contributed by atoms with van der Waals surface area (Å²) in [5, 5.41) is 3.41. The Bertz CT molecular complexity index is 270. The molecule has 0 radical (unpaired) electrons. The number of hydrogen-bond acceptors (Lipinski definition) is 3. The van der Waals surface area contributed by atoms with Crippen LogP contribution in [0.2, 0.25) is 0 Å². The molecule has 1 aliphatic heterocycles. The number of amides is 1. The van der Waals surface area contributed by atoms with Gasteiger partial charge in [-0.25, -0.2) is 0 Å². The molecule has 18 heavy (non-hydrogen) atoms. The molecule has 0 aromatic carbocycles. The predicted molar refractivity (Wildman–Crippen MR) is 73.5 cm³/mol. The molecule has 2 rings (SSSR count). The average molecular weight is 253 g/mol. The summed E-state index contributed by atoms with van der Waals surface area (Å²) in [4.78, 5) is 16.5. The number of carbonyl (C=O) groups excluding carboxylic acids is 1. The third-order valence-electron chi connectivity index (χ3n) is 4.29. The SMILES string of the molecule is CCN1CCC(N(C)C(=O)CCNC2CC2)CC1. The van der Waals surface area contributed by atoms with Crippen molar-refractivity contribution in [3.05, 3.63) is 0 Å². The second-order valence-corrected chi connectivity index (χ2v) is 5.65. The van der Waals surface area contributed by atoms with Crippen molar-refractivity contribution >= 4 is 5.91 Å². The Balaban J connectivity index is 1.65. The summed E-state index contributed by atoms with van der Waals surface area (Å²) in [5.74, 6) is 0.304. The van der Waals surface area contributed by atoms with Crippen molar-refractivity contribution in [3.8, 4) is 0 Å². The minimum atomic E-state index is 0.304. The standard InChI is InChI=1S/C14H27N3O/c1-3-17-10-7-13(8-11-17)16(2)14(18)6-9-15-12-4-5-12/h12-13,15H,3-11H2,1-2H3. The van der Waals surface area contributed by atoms with E-state index in [1.807, 2.05) is 11.9 Å². The van der Waals surface area contributed by atoms with Crippen LogP contribution < -0.4 is 5.32 Å². The van der Waals surface area contributed by atoms with Crippen molar-refractivity contribution in [2.24, 2.45) is 0 Å². The van der Waals surface area contributed by atoms with Crippen molar-refractivity contribution in [2.45, 2.75) is 51.1 Å². The lowest BCUT2D eigenvalue weighted by atomic mass is 10.0. The second-order valence-electron chi connectivity index (χ2n) is 5.65. The van der Waals surface area contributed by atoms with Gasteiger partial charge in [-0.15, -0.1) is 0 Å². The number of carbonyl (C=O) groups is 1. The number of piperidine rings is 1. The van der Waals surface area contributed by atoms with Crippen molar-refractivity contribution in [2.75, 3.05) is 33.2 Å². The van der Waals surface area contributed by atoms with E-state index >= 15 is 0 Å². The van der Waals surface area contributed by atoms with Crippen LogP contribution in [-0.4, -0.2) is 61.0 Å². The lowest BCUT2D eigenvalue weighted by molar-refractivity contribution is -0.132. The molecule has 4 nitrogen and oxygen atoms in total. The van der Waals surface area contributed by atoms with Gasteiger partial charge in [-0.3, -0.25) is 4.79 Å². The maximum Gasteiger partial charge on any atom is 0.223 e.